The van der Waals surface area contributed by atoms with Gasteiger partial charge in [-0.25, -0.2) is 4.68 Å². The standard InChI is InChI=1S/C14H19N5O2/c1-14(2,3)8-11(7-12(20)21)19-13(16-17-18-19)10-5-4-6-15-9-10/h4-6,9,11H,7-8H2,1-3H3,(H,20,21). The molecular weight excluding hydrogens is 270 g/mol. The molecule has 7 heteroatoms. The summed E-state index contributed by atoms with van der Waals surface area (Å²) in [5.41, 5.74) is 0.741. The van der Waals surface area contributed by atoms with Crippen LogP contribution in [-0.4, -0.2) is 36.3 Å². The van der Waals surface area contributed by atoms with Crippen molar-refractivity contribution < 1.29 is 9.90 Å². The van der Waals surface area contributed by atoms with E-state index in [1.54, 1.807) is 23.1 Å². The molecule has 2 aromatic rings. The number of nitrogens with zero attached hydrogens (tertiary/aromatic N) is 5. The largest absolute Gasteiger partial charge is 0.481 e. The molecule has 0 amide bonds. The van der Waals surface area contributed by atoms with Gasteiger partial charge in [0, 0.05) is 18.0 Å². The van der Waals surface area contributed by atoms with Crippen LogP contribution >= 0.6 is 0 Å². The summed E-state index contributed by atoms with van der Waals surface area (Å²) in [5.74, 6) is -0.324. The maximum atomic E-state index is 11.1. The number of rotatable bonds is 5. The fourth-order valence-electron chi connectivity index (χ4n) is 2.28. The number of pyridine rings is 1. The molecular formula is C14H19N5O2. The Labute approximate surface area is 123 Å². The molecule has 0 aliphatic rings. The van der Waals surface area contributed by atoms with Gasteiger partial charge in [-0.3, -0.25) is 9.78 Å². The Kier molecular flexibility index (Phi) is 4.30. The molecule has 0 saturated heterocycles. The molecule has 2 rings (SSSR count). The van der Waals surface area contributed by atoms with Gasteiger partial charge in [-0.15, -0.1) is 5.10 Å². The predicted octanol–water partition coefficient (Wildman–Crippen LogP) is 2.19. The van der Waals surface area contributed by atoms with Crippen molar-refractivity contribution in [3.63, 3.8) is 0 Å². The maximum absolute atomic E-state index is 11.1. The van der Waals surface area contributed by atoms with E-state index in [2.05, 4.69) is 41.3 Å². The SMILES string of the molecule is CC(C)(C)CC(CC(=O)O)n1nnnc1-c1cccnc1. The lowest BCUT2D eigenvalue weighted by atomic mass is 9.87. The summed E-state index contributed by atoms with van der Waals surface area (Å²) < 4.78 is 1.59. The second kappa shape index (κ2) is 5.99. The summed E-state index contributed by atoms with van der Waals surface area (Å²) in [7, 11) is 0. The zero-order valence-corrected chi connectivity index (χ0v) is 12.4. The number of carboxylic acids is 1. The first-order valence-corrected chi connectivity index (χ1v) is 6.77. The number of aliphatic carboxylic acids is 1. The van der Waals surface area contributed by atoms with Crippen LogP contribution in [0.5, 0.6) is 0 Å². The Hall–Kier alpha value is -2.31. The highest BCUT2D eigenvalue weighted by Crippen LogP contribution is 2.31. The quantitative estimate of drug-likeness (QED) is 0.906. The first kappa shape index (κ1) is 15.1. The van der Waals surface area contributed by atoms with Crippen molar-refractivity contribution in [2.24, 2.45) is 5.41 Å². The van der Waals surface area contributed by atoms with E-state index in [-0.39, 0.29) is 17.9 Å². The van der Waals surface area contributed by atoms with Gasteiger partial charge in [-0.2, -0.15) is 0 Å². The van der Waals surface area contributed by atoms with Crippen molar-refractivity contribution >= 4 is 5.97 Å². The molecule has 0 spiro atoms. The summed E-state index contributed by atoms with van der Waals surface area (Å²) >= 11 is 0. The van der Waals surface area contributed by atoms with E-state index in [9.17, 15) is 4.79 Å². The van der Waals surface area contributed by atoms with E-state index in [1.807, 2.05) is 6.07 Å². The average Bonchev–Trinajstić information content (AvgIpc) is 2.86. The third-order valence-electron chi connectivity index (χ3n) is 3.02. The zero-order chi connectivity index (χ0) is 15.5. The minimum atomic E-state index is -0.864. The number of hydrogen-bond acceptors (Lipinski definition) is 5. The van der Waals surface area contributed by atoms with Crippen molar-refractivity contribution in [3.05, 3.63) is 24.5 Å². The fraction of sp³-hybridized carbons (Fsp3) is 0.500. The molecule has 112 valence electrons. The molecule has 21 heavy (non-hydrogen) atoms. The summed E-state index contributed by atoms with van der Waals surface area (Å²) in [6.45, 7) is 6.20. The number of carbonyl (C=O) groups is 1. The predicted molar refractivity (Wildman–Crippen MR) is 76.4 cm³/mol. The molecule has 0 radical (unpaired) electrons. The molecule has 0 bridgehead atoms. The maximum Gasteiger partial charge on any atom is 0.305 e. The summed E-state index contributed by atoms with van der Waals surface area (Å²) in [6, 6.07) is 3.35. The lowest BCUT2D eigenvalue weighted by Gasteiger charge is -2.25. The van der Waals surface area contributed by atoms with E-state index in [1.165, 1.54) is 0 Å². The van der Waals surface area contributed by atoms with Crippen LogP contribution in [0, 0.1) is 5.41 Å². The Morgan fingerprint density at radius 2 is 2.19 bits per heavy atom. The number of hydrogen-bond donors (Lipinski definition) is 1. The van der Waals surface area contributed by atoms with Gasteiger partial charge in [0.1, 0.15) is 0 Å². The molecule has 0 saturated carbocycles. The van der Waals surface area contributed by atoms with Gasteiger partial charge in [-0.05, 0) is 34.4 Å². The van der Waals surface area contributed by atoms with Gasteiger partial charge in [-0.1, -0.05) is 20.8 Å². The summed E-state index contributed by atoms with van der Waals surface area (Å²) in [5, 5.41) is 20.9. The fourth-order valence-corrected chi connectivity index (χ4v) is 2.28. The molecule has 1 N–H and O–H groups in total. The molecule has 1 unspecified atom stereocenters. The van der Waals surface area contributed by atoms with Gasteiger partial charge >= 0.3 is 5.97 Å². The van der Waals surface area contributed by atoms with E-state index in [0.29, 0.717) is 12.2 Å². The van der Waals surface area contributed by atoms with Crippen LogP contribution in [0.3, 0.4) is 0 Å². The monoisotopic (exact) mass is 289 g/mol. The number of tetrazole rings is 1. The van der Waals surface area contributed by atoms with Crippen molar-refractivity contribution in [2.75, 3.05) is 0 Å². The Morgan fingerprint density at radius 3 is 2.76 bits per heavy atom. The Bertz CT molecular complexity index is 603. The molecule has 0 aromatic carbocycles. The molecule has 1 atom stereocenters. The van der Waals surface area contributed by atoms with Gasteiger partial charge in [0.25, 0.3) is 0 Å². The smallest absolute Gasteiger partial charge is 0.305 e. The minimum absolute atomic E-state index is 0.0183. The van der Waals surface area contributed by atoms with Crippen LogP contribution in [0.4, 0.5) is 0 Å². The second-order valence-electron chi connectivity index (χ2n) is 6.21. The van der Waals surface area contributed by atoms with Crippen molar-refractivity contribution in [1.82, 2.24) is 25.2 Å². The van der Waals surface area contributed by atoms with Crippen LogP contribution < -0.4 is 0 Å². The van der Waals surface area contributed by atoms with E-state index in [4.69, 9.17) is 5.11 Å². The Morgan fingerprint density at radius 1 is 1.43 bits per heavy atom. The van der Waals surface area contributed by atoms with Crippen molar-refractivity contribution in [3.8, 4) is 11.4 Å². The van der Waals surface area contributed by atoms with Crippen LogP contribution in [0.15, 0.2) is 24.5 Å². The van der Waals surface area contributed by atoms with Gasteiger partial charge in [0.2, 0.25) is 0 Å². The summed E-state index contributed by atoms with van der Waals surface area (Å²) in [6.07, 6.45) is 3.98. The third-order valence-corrected chi connectivity index (χ3v) is 3.02. The Balaban J connectivity index is 2.37. The number of aromatic nitrogens is 5. The molecule has 2 aromatic heterocycles. The highest BCUT2D eigenvalue weighted by atomic mass is 16.4. The van der Waals surface area contributed by atoms with Crippen LogP contribution in [0.2, 0.25) is 0 Å². The van der Waals surface area contributed by atoms with Crippen molar-refractivity contribution in [2.45, 2.75) is 39.7 Å². The van der Waals surface area contributed by atoms with E-state index >= 15 is 0 Å². The lowest BCUT2D eigenvalue weighted by molar-refractivity contribution is -0.138. The molecule has 0 aliphatic heterocycles. The minimum Gasteiger partial charge on any atom is -0.481 e. The van der Waals surface area contributed by atoms with Gasteiger partial charge in [0.15, 0.2) is 5.82 Å². The molecule has 7 nitrogen and oxygen atoms in total. The first-order chi connectivity index (χ1) is 9.87. The second-order valence-corrected chi connectivity index (χ2v) is 6.21. The van der Waals surface area contributed by atoms with E-state index in [0.717, 1.165) is 5.56 Å². The molecule has 0 aliphatic carbocycles. The van der Waals surface area contributed by atoms with Crippen LogP contribution in [0.1, 0.15) is 39.7 Å². The zero-order valence-electron chi connectivity index (χ0n) is 12.4. The molecule has 0 fully saturated rings. The summed E-state index contributed by atoms with van der Waals surface area (Å²) in [4.78, 5) is 15.2. The van der Waals surface area contributed by atoms with Gasteiger partial charge < -0.3 is 5.11 Å². The van der Waals surface area contributed by atoms with Crippen LogP contribution in [0.25, 0.3) is 11.4 Å². The highest BCUT2D eigenvalue weighted by Gasteiger charge is 2.26. The number of carboxylic acid groups (broad SMARTS) is 1. The third kappa shape index (κ3) is 4.08. The van der Waals surface area contributed by atoms with E-state index < -0.39 is 5.97 Å². The lowest BCUT2D eigenvalue weighted by Crippen LogP contribution is -2.22. The first-order valence-electron chi connectivity index (χ1n) is 6.77. The topological polar surface area (TPSA) is 93.8 Å². The highest BCUT2D eigenvalue weighted by molar-refractivity contribution is 5.67. The molecule has 2 heterocycles. The van der Waals surface area contributed by atoms with Gasteiger partial charge in [0.05, 0.1) is 12.5 Å². The van der Waals surface area contributed by atoms with Crippen molar-refractivity contribution in [1.29, 1.82) is 0 Å². The van der Waals surface area contributed by atoms with Crippen LogP contribution in [-0.2, 0) is 4.79 Å². The average molecular weight is 289 g/mol. The normalized spacial score (nSPS) is 13.1.